The maximum absolute atomic E-state index is 11.8. The summed E-state index contributed by atoms with van der Waals surface area (Å²) < 4.78 is 0. The second-order valence-corrected chi connectivity index (χ2v) is 3.66. The number of hydrogen-bond acceptors (Lipinski definition) is 2. The van der Waals surface area contributed by atoms with Crippen molar-refractivity contribution in [3.05, 3.63) is 0 Å². The van der Waals surface area contributed by atoms with Gasteiger partial charge in [0.15, 0.2) is 0 Å². The lowest BCUT2D eigenvalue weighted by molar-refractivity contribution is -0.134. The second-order valence-electron chi connectivity index (χ2n) is 3.66. The third kappa shape index (κ3) is 2.25. The molecule has 0 aromatic carbocycles. The van der Waals surface area contributed by atoms with Crippen molar-refractivity contribution in [2.75, 3.05) is 13.1 Å². The van der Waals surface area contributed by atoms with Crippen molar-refractivity contribution in [1.82, 2.24) is 10.2 Å². The lowest BCUT2D eigenvalue weighted by Gasteiger charge is -2.30. The van der Waals surface area contributed by atoms with E-state index in [-0.39, 0.29) is 17.9 Å². The number of urea groups is 1. The zero-order chi connectivity index (χ0) is 10.6. The Balaban J connectivity index is 2.62. The van der Waals surface area contributed by atoms with E-state index in [0.717, 1.165) is 19.3 Å². The number of amides is 3. The molecule has 0 saturated carbocycles. The topological polar surface area (TPSA) is 49.4 Å². The quantitative estimate of drug-likeness (QED) is 0.741. The molecule has 1 unspecified atom stereocenters. The summed E-state index contributed by atoms with van der Waals surface area (Å²) in [5, 5.41) is 2.75. The Kier molecular flexibility index (Phi) is 3.92. The summed E-state index contributed by atoms with van der Waals surface area (Å²) in [5.41, 5.74) is 0. The molecule has 0 bridgehead atoms. The van der Waals surface area contributed by atoms with E-state index in [0.29, 0.717) is 13.1 Å². The molecular formula is C10H18N2O2. The van der Waals surface area contributed by atoms with Crippen molar-refractivity contribution in [1.29, 1.82) is 0 Å². The molecule has 0 aliphatic carbocycles. The zero-order valence-corrected chi connectivity index (χ0v) is 8.88. The van der Waals surface area contributed by atoms with Gasteiger partial charge in [0.05, 0.1) is 5.92 Å². The Morgan fingerprint density at radius 2 is 2.07 bits per heavy atom. The van der Waals surface area contributed by atoms with Crippen molar-refractivity contribution in [2.45, 2.75) is 33.1 Å². The molecular weight excluding hydrogens is 180 g/mol. The van der Waals surface area contributed by atoms with Crippen molar-refractivity contribution in [3.63, 3.8) is 0 Å². The van der Waals surface area contributed by atoms with Crippen LogP contribution in [0.5, 0.6) is 0 Å². The van der Waals surface area contributed by atoms with E-state index in [1.54, 1.807) is 0 Å². The van der Waals surface area contributed by atoms with Gasteiger partial charge in [-0.25, -0.2) is 4.79 Å². The number of imide groups is 1. The van der Waals surface area contributed by atoms with Gasteiger partial charge in [0.2, 0.25) is 5.91 Å². The third-order valence-electron chi connectivity index (χ3n) is 2.44. The van der Waals surface area contributed by atoms with Crippen molar-refractivity contribution in [3.8, 4) is 0 Å². The Morgan fingerprint density at radius 3 is 2.64 bits per heavy atom. The molecule has 1 N–H and O–H groups in total. The van der Waals surface area contributed by atoms with Gasteiger partial charge in [0.25, 0.3) is 0 Å². The Morgan fingerprint density at radius 1 is 1.36 bits per heavy atom. The number of rotatable bonds is 4. The van der Waals surface area contributed by atoms with Crippen molar-refractivity contribution < 1.29 is 9.59 Å². The molecule has 14 heavy (non-hydrogen) atoms. The van der Waals surface area contributed by atoms with E-state index in [1.165, 1.54) is 4.90 Å². The van der Waals surface area contributed by atoms with E-state index in [4.69, 9.17) is 0 Å². The summed E-state index contributed by atoms with van der Waals surface area (Å²) in [7, 11) is 0. The highest BCUT2D eigenvalue weighted by atomic mass is 16.2. The molecule has 1 fully saturated rings. The van der Waals surface area contributed by atoms with Gasteiger partial charge in [0, 0.05) is 13.1 Å². The first-order chi connectivity index (χ1) is 6.70. The van der Waals surface area contributed by atoms with Gasteiger partial charge in [0.1, 0.15) is 0 Å². The number of nitrogens with one attached hydrogen (secondary N) is 1. The van der Waals surface area contributed by atoms with Crippen LogP contribution in [0.1, 0.15) is 33.1 Å². The van der Waals surface area contributed by atoms with E-state index in [2.05, 4.69) is 5.32 Å². The van der Waals surface area contributed by atoms with Crippen molar-refractivity contribution >= 4 is 11.9 Å². The molecule has 4 heteroatoms. The molecule has 80 valence electrons. The normalized spacial score (nSPS) is 22.4. The van der Waals surface area contributed by atoms with Crippen LogP contribution in [-0.4, -0.2) is 29.9 Å². The van der Waals surface area contributed by atoms with E-state index in [1.807, 2.05) is 13.8 Å². The lowest BCUT2D eigenvalue weighted by Crippen LogP contribution is -2.54. The molecule has 1 saturated heterocycles. The molecule has 1 heterocycles. The van der Waals surface area contributed by atoms with Crippen LogP contribution in [0.3, 0.4) is 0 Å². The summed E-state index contributed by atoms with van der Waals surface area (Å²) in [6.07, 6.45) is 2.66. The number of carbonyl (C=O) groups excluding carboxylic acids is 2. The fourth-order valence-electron chi connectivity index (χ4n) is 1.72. The first-order valence-corrected chi connectivity index (χ1v) is 5.29. The van der Waals surface area contributed by atoms with Gasteiger partial charge in [-0.15, -0.1) is 0 Å². The Bertz CT molecular complexity index is 228. The standard InChI is InChI=1S/C10H18N2O2/c1-3-5-8-7-11-10(14)12(6-4-2)9(8)13/h8H,3-7H2,1-2H3,(H,11,14). The molecule has 0 radical (unpaired) electrons. The average Bonchev–Trinajstić information content (AvgIpc) is 2.17. The fourth-order valence-corrected chi connectivity index (χ4v) is 1.72. The maximum Gasteiger partial charge on any atom is 0.324 e. The summed E-state index contributed by atoms with van der Waals surface area (Å²) in [5.74, 6) is -0.0123. The summed E-state index contributed by atoms with van der Waals surface area (Å²) in [6.45, 7) is 5.05. The highest BCUT2D eigenvalue weighted by Gasteiger charge is 2.32. The van der Waals surface area contributed by atoms with Crippen LogP contribution in [0, 0.1) is 5.92 Å². The maximum atomic E-state index is 11.8. The zero-order valence-electron chi connectivity index (χ0n) is 8.88. The molecule has 0 spiro atoms. The van der Waals surface area contributed by atoms with Crippen LogP contribution >= 0.6 is 0 Å². The van der Waals surface area contributed by atoms with Gasteiger partial charge < -0.3 is 5.32 Å². The van der Waals surface area contributed by atoms with Crippen molar-refractivity contribution in [2.24, 2.45) is 5.92 Å². The molecule has 1 rings (SSSR count). The van der Waals surface area contributed by atoms with Crippen LogP contribution in [0.4, 0.5) is 4.79 Å². The predicted octanol–water partition coefficient (Wildman–Crippen LogP) is 1.36. The first kappa shape index (κ1) is 11.0. The fraction of sp³-hybridized carbons (Fsp3) is 0.800. The van der Waals surface area contributed by atoms with Gasteiger partial charge in [-0.3, -0.25) is 9.69 Å². The molecule has 0 aromatic heterocycles. The van der Waals surface area contributed by atoms with Crippen LogP contribution in [0.25, 0.3) is 0 Å². The summed E-state index contributed by atoms with van der Waals surface area (Å²) in [6, 6.07) is -0.232. The largest absolute Gasteiger partial charge is 0.337 e. The van der Waals surface area contributed by atoms with Gasteiger partial charge in [-0.1, -0.05) is 20.3 Å². The number of nitrogens with zero attached hydrogens (tertiary/aromatic N) is 1. The molecule has 3 amide bonds. The second kappa shape index (κ2) is 4.98. The highest BCUT2D eigenvalue weighted by Crippen LogP contribution is 2.14. The highest BCUT2D eigenvalue weighted by molar-refractivity contribution is 5.98. The SMILES string of the molecule is CCCC1CNC(=O)N(CCC)C1=O. The Hall–Kier alpha value is -1.06. The first-order valence-electron chi connectivity index (χ1n) is 5.29. The number of hydrogen-bond donors (Lipinski definition) is 1. The predicted molar refractivity (Wildman–Crippen MR) is 53.8 cm³/mol. The van der Waals surface area contributed by atoms with E-state index in [9.17, 15) is 9.59 Å². The number of carbonyl (C=O) groups is 2. The molecule has 4 nitrogen and oxygen atoms in total. The smallest absolute Gasteiger partial charge is 0.324 e. The third-order valence-corrected chi connectivity index (χ3v) is 2.44. The van der Waals surface area contributed by atoms with Gasteiger partial charge >= 0.3 is 6.03 Å². The Labute approximate surface area is 84.7 Å². The summed E-state index contributed by atoms with van der Waals surface area (Å²) in [4.78, 5) is 24.5. The summed E-state index contributed by atoms with van der Waals surface area (Å²) >= 11 is 0. The minimum Gasteiger partial charge on any atom is -0.337 e. The van der Waals surface area contributed by atoms with Crippen LogP contribution in [0.15, 0.2) is 0 Å². The minimum atomic E-state index is -0.232. The van der Waals surface area contributed by atoms with Gasteiger partial charge in [-0.2, -0.15) is 0 Å². The molecule has 1 atom stereocenters. The van der Waals surface area contributed by atoms with E-state index >= 15 is 0 Å². The van der Waals surface area contributed by atoms with Crippen LogP contribution in [-0.2, 0) is 4.79 Å². The molecule has 1 aliphatic rings. The minimum absolute atomic E-state index is 0.00236. The molecule has 0 aromatic rings. The van der Waals surface area contributed by atoms with E-state index < -0.39 is 0 Å². The average molecular weight is 198 g/mol. The monoisotopic (exact) mass is 198 g/mol. The van der Waals surface area contributed by atoms with Gasteiger partial charge in [-0.05, 0) is 12.8 Å². The molecule has 1 aliphatic heterocycles. The van der Waals surface area contributed by atoms with Crippen LogP contribution in [0.2, 0.25) is 0 Å². The lowest BCUT2D eigenvalue weighted by atomic mass is 10.0. The van der Waals surface area contributed by atoms with Crippen LogP contribution < -0.4 is 5.32 Å².